The topological polar surface area (TPSA) is 42.0 Å². The monoisotopic (exact) mass is 284 g/mol. The molecule has 0 aliphatic carbocycles. The van der Waals surface area contributed by atoms with Crippen molar-refractivity contribution in [1.29, 1.82) is 0 Å². The zero-order chi connectivity index (χ0) is 13.1. The highest BCUT2D eigenvalue weighted by Gasteiger charge is 2.13. The van der Waals surface area contributed by atoms with E-state index in [1.165, 1.54) is 30.5 Å². The highest BCUT2D eigenvalue weighted by atomic mass is 35.5. The first-order valence-electron chi connectivity index (χ1n) is 4.95. The molecule has 18 heavy (non-hydrogen) atoms. The quantitative estimate of drug-likeness (QED) is 0.853. The molecule has 0 spiro atoms. The van der Waals surface area contributed by atoms with E-state index in [2.05, 4.69) is 10.3 Å². The highest BCUT2D eigenvalue weighted by Crippen LogP contribution is 2.21. The van der Waals surface area contributed by atoms with Gasteiger partial charge in [-0.3, -0.25) is 4.79 Å². The molecule has 0 atom stereocenters. The van der Waals surface area contributed by atoms with Gasteiger partial charge in [0.25, 0.3) is 5.91 Å². The van der Waals surface area contributed by atoms with E-state index in [0.717, 1.165) is 0 Å². The van der Waals surface area contributed by atoms with Gasteiger partial charge in [-0.25, -0.2) is 9.37 Å². The standard InChI is InChI=1S/C12H7Cl2FN2O/c13-10-5-4-7(6-16-10)17-12(18)8-2-1-3-9(15)11(8)14/h1-6H,(H,17,18). The first-order chi connectivity index (χ1) is 8.58. The van der Waals surface area contributed by atoms with Crippen LogP contribution in [0.4, 0.5) is 10.1 Å². The number of benzene rings is 1. The number of carbonyl (C=O) groups is 1. The molecule has 1 aromatic heterocycles. The number of anilines is 1. The number of amides is 1. The Hall–Kier alpha value is -1.65. The van der Waals surface area contributed by atoms with E-state index >= 15 is 0 Å². The van der Waals surface area contributed by atoms with E-state index in [-0.39, 0.29) is 10.6 Å². The van der Waals surface area contributed by atoms with Gasteiger partial charge < -0.3 is 5.32 Å². The van der Waals surface area contributed by atoms with E-state index in [1.54, 1.807) is 6.07 Å². The predicted octanol–water partition coefficient (Wildman–Crippen LogP) is 3.78. The molecule has 0 unspecified atom stereocenters. The Labute approximate surface area is 113 Å². The fraction of sp³-hybridized carbons (Fsp3) is 0. The Morgan fingerprint density at radius 1 is 1.22 bits per heavy atom. The number of nitrogens with zero attached hydrogens (tertiary/aromatic N) is 1. The minimum Gasteiger partial charge on any atom is -0.321 e. The molecule has 0 aliphatic heterocycles. The molecule has 0 saturated heterocycles. The number of hydrogen-bond acceptors (Lipinski definition) is 2. The number of pyridine rings is 1. The Morgan fingerprint density at radius 2 is 2.00 bits per heavy atom. The summed E-state index contributed by atoms with van der Waals surface area (Å²) in [6, 6.07) is 7.15. The molecule has 2 aromatic rings. The average molecular weight is 285 g/mol. The van der Waals surface area contributed by atoms with Gasteiger partial charge in [0.05, 0.1) is 22.5 Å². The van der Waals surface area contributed by atoms with Crippen LogP contribution in [0, 0.1) is 5.82 Å². The molecule has 1 N–H and O–H groups in total. The van der Waals surface area contributed by atoms with Crippen LogP contribution in [0.15, 0.2) is 36.5 Å². The molecule has 0 aliphatic rings. The molecule has 0 bridgehead atoms. The zero-order valence-corrected chi connectivity index (χ0v) is 10.5. The van der Waals surface area contributed by atoms with Crippen molar-refractivity contribution in [1.82, 2.24) is 4.98 Å². The van der Waals surface area contributed by atoms with E-state index in [1.807, 2.05) is 0 Å². The maximum atomic E-state index is 13.2. The van der Waals surface area contributed by atoms with Crippen LogP contribution in [-0.4, -0.2) is 10.9 Å². The summed E-state index contributed by atoms with van der Waals surface area (Å²) >= 11 is 11.3. The van der Waals surface area contributed by atoms with Crippen LogP contribution in [-0.2, 0) is 0 Å². The van der Waals surface area contributed by atoms with Crippen LogP contribution in [0.1, 0.15) is 10.4 Å². The summed E-state index contributed by atoms with van der Waals surface area (Å²) < 4.78 is 13.2. The van der Waals surface area contributed by atoms with Gasteiger partial charge in [0.15, 0.2) is 0 Å². The predicted molar refractivity (Wildman–Crippen MR) is 68.6 cm³/mol. The number of aromatic nitrogens is 1. The van der Waals surface area contributed by atoms with Gasteiger partial charge in [0.2, 0.25) is 0 Å². The molecule has 0 radical (unpaired) electrons. The van der Waals surface area contributed by atoms with Crippen molar-refractivity contribution in [2.45, 2.75) is 0 Å². The fourth-order valence-corrected chi connectivity index (χ4v) is 1.65. The fourth-order valence-electron chi connectivity index (χ4n) is 1.33. The third-order valence-corrected chi connectivity index (χ3v) is 2.79. The Balaban J connectivity index is 2.22. The molecule has 1 amide bonds. The first-order valence-corrected chi connectivity index (χ1v) is 5.70. The minimum atomic E-state index is -0.640. The van der Waals surface area contributed by atoms with Gasteiger partial charge in [-0.1, -0.05) is 29.3 Å². The smallest absolute Gasteiger partial charge is 0.257 e. The Bertz CT molecular complexity index is 587. The van der Waals surface area contributed by atoms with Crippen molar-refractivity contribution < 1.29 is 9.18 Å². The molecular weight excluding hydrogens is 278 g/mol. The largest absolute Gasteiger partial charge is 0.321 e. The third kappa shape index (κ3) is 2.78. The normalized spacial score (nSPS) is 10.2. The van der Waals surface area contributed by atoms with Crippen molar-refractivity contribution in [3.05, 3.63) is 58.1 Å². The Morgan fingerprint density at radius 3 is 2.67 bits per heavy atom. The molecule has 1 heterocycles. The molecule has 1 aromatic carbocycles. The summed E-state index contributed by atoms with van der Waals surface area (Å²) in [4.78, 5) is 15.7. The lowest BCUT2D eigenvalue weighted by atomic mass is 10.2. The first kappa shape index (κ1) is 12.8. The summed E-state index contributed by atoms with van der Waals surface area (Å²) in [7, 11) is 0. The zero-order valence-electron chi connectivity index (χ0n) is 8.95. The van der Waals surface area contributed by atoms with Gasteiger partial charge in [-0.2, -0.15) is 0 Å². The lowest BCUT2D eigenvalue weighted by molar-refractivity contribution is 0.102. The molecule has 0 fully saturated rings. The Kier molecular flexibility index (Phi) is 3.79. The van der Waals surface area contributed by atoms with Crippen molar-refractivity contribution >= 4 is 34.8 Å². The summed E-state index contributed by atoms with van der Waals surface area (Å²) in [6.45, 7) is 0. The number of halogens is 3. The van der Waals surface area contributed by atoms with E-state index in [4.69, 9.17) is 23.2 Å². The second kappa shape index (κ2) is 5.33. The lowest BCUT2D eigenvalue weighted by Crippen LogP contribution is -2.13. The van der Waals surface area contributed by atoms with Crippen molar-refractivity contribution in [3.63, 3.8) is 0 Å². The van der Waals surface area contributed by atoms with Crippen LogP contribution < -0.4 is 5.32 Å². The number of hydrogen-bond donors (Lipinski definition) is 1. The number of nitrogens with one attached hydrogen (secondary N) is 1. The van der Waals surface area contributed by atoms with Crippen LogP contribution >= 0.6 is 23.2 Å². The SMILES string of the molecule is O=C(Nc1ccc(Cl)nc1)c1cccc(F)c1Cl. The molecule has 0 saturated carbocycles. The second-order valence-electron chi connectivity index (χ2n) is 3.43. The average Bonchev–Trinajstić information content (AvgIpc) is 2.35. The third-order valence-electron chi connectivity index (χ3n) is 2.18. The summed E-state index contributed by atoms with van der Waals surface area (Å²) in [5.74, 6) is -1.15. The molecule has 6 heteroatoms. The van der Waals surface area contributed by atoms with Gasteiger partial charge in [-0.15, -0.1) is 0 Å². The highest BCUT2D eigenvalue weighted by molar-refractivity contribution is 6.34. The van der Waals surface area contributed by atoms with Crippen LogP contribution in [0.25, 0.3) is 0 Å². The molecule has 92 valence electrons. The van der Waals surface area contributed by atoms with E-state index in [0.29, 0.717) is 10.8 Å². The van der Waals surface area contributed by atoms with Gasteiger partial charge >= 0.3 is 0 Å². The van der Waals surface area contributed by atoms with Gasteiger partial charge in [0, 0.05) is 0 Å². The number of carbonyl (C=O) groups excluding carboxylic acids is 1. The van der Waals surface area contributed by atoms with Crippen LogP contribution in [0.5, 0.6) is 0 Å². The minimum absolute atomic E-state index is 0.0617. The van der Waals surface area contributed by atoms with Gasteiger partial charge in [-0.05, 0) is 24.3 Å². The molecular formula is C12H7Cl2FN2O. The van der Waals surface area contributed by atoms with Crippen LogP contribution in [0.3, 0.4) is 0 Å². The van der Waals surface area contributed by atoms with Crippen LogP contribution in [0.2, 0.25) is 10.2 Å². The van der Waals surface area contributed by atoms with Crippen molar-refractivity contribution in [2.24, 2.45) is 0 Å². The molecule has 3 nitrogen and oxygen atoms in total. The summed E-state index contributed by atoms with van der Waals surface area (Å²) in [5.41, 5.74) is 0.511. The number of rotatable bonds is 2. The maximum absolute atomic E-state index is 13.2. The lowest BCUT2D eigenvalue weighted by Gasteiger charge is -2.06. The van der Waals surface area contributed by atoms with Crippen molar-refractivity contribution in [3.8, 4) is 0 Å². The second-order valence-corrected chi connectivity index (χ2v) is 4.19. The van der Waals surface area contributed by atoms with E-state index < -0.39 is 11.7 Å². The maximum Gasteiger partial charge on any atom is 0.257 e. The van der Waals surface area contributed by atoms with E-state index in [9.17, 15) is 9.18 Å². The molecule has 2 rings (SSSR count). The summed E-state index contributed by atoms with van der Waals surface area (Å²) in [6.07, 6.45) is 1.40. The van der Waals surface area contributed by atoms with Crippen molar-refractivity contribution in [2.75, 3.05) is 5.32 Å². The summed E-state index contributed by atoms with van der Waals surface area (Å²) in [5, 5.41) is 2.65. The van der Waals surface area contributed by atoms with Gasteiger partial charge in [0.1, 0.15) is 11.0 Å².